The Morgan fingerprint density at radius 1 is 1.28 bits per heavy atom. The summed E-state index contributed by atoms with van der Waals surface area (Å²) in [4.78, 5) is 11.5. The second-order valence-electron chi connectivity index (χ2n) is 6.40. The molecular formula is C14H27NO3. The maximum absolute atomic E-state index is 11.5. The van der Waals surface area contributed by atoms with Crippen LogP contribution in [0.25, 0.3) is 0 Å². The average Bonchev–Trinajstić information content (AvgIpc) is 2.28. The summed E-state index contributed by atoms with van der Waals surface area (Å²) < 4.78 is 5.18. The Kier molecular flexibility index (Phi) is 5.45. The van der Waals surface area contributed by atoms with Crippen LogP contribution in [0.2, 0.25) is 0 Å². The monoisotopic (exact) mass is 257 g/mol. The van der Waals surface area contributed by atoms with E-state index in [1.807, 2.05) is 20.8 Å². The summed E-state index contributed by atoms with van der Waals surface area (Å²) in [6.07, 6.45) is 6.24. The average molecular weight is 257 g/mol. The normalized spacial score (nSPS) is 19.3. The molecule has 106 valence electrons. The van der Waals surface area contributed by atoms with Crippen molar-refractivity contribution >= 4 is 6.09 Å². The number of ether oxygens (including phenoxy) is 1. The van der Waals surface area contributed by atoms with Gasteiger partial charge in [-0.05, 0) is 45.4 Å². The summed E-state index contributed by atoms with van der Waals surface area (Å²) in [5.74, 6) is 0. The fourth-order valence-corrected chi connectivity index (χ4v) is 2.53. The Bertz CT molecular complexity index is 265. The van der Waals surface area contributed by atoms with Gasteiger partial charge < -0.3 is 15.2 Å². The minimum absolute atomic E-state index is 0.0211. The second-order valence-corrected chi connectivity index (χ2v) is 6.40. The molecule has 0 saturated heterocycles. The van der Waals surface area contributed by atoms with Crippen LogP contribution in [-0.2, 0) is 4.74 Å². The highest BCUT2D eigenvalue weighted by atomic mass is 16.6. The SMILES string of the molecule is CC(C)(C)OC(=O)NCCC1(CO)CCCCC1. The molecule has 0 bridgehead atoms. The van der Waals surface area contributed by atoms with Crippen molar-refractivity contribution in [1.82, 2.24) is 5.32 Å². The van der Waals surface area contributed by atoms with Gasteiger partial charge in [-0.3, -0.25) is 0 Å². The lowest BCUT2D eigenvalue weighted by atomic mass is 9.72. The predicted molar refractivity (Wildman–Crippen MR) is 71.5 cm³/mol. The van der Waals surface area contributed by atoms with Crippen LogP contribution in [0, 0.1) is 5.41 Å². The molecule has 0 spiro atoms. The van der Waals surface area contributed by atoms with Crippen molar-refractivity contribution in [3.8, 4) is 0 Å². The molecule has 18 heavy (non-hydrogen) atoms. The molecule has 1 fully saturated rings. The molecule has 1 amide bonds. The van der Waals surface area contributed by atoms with Gasteiger partial charge in [0.05, 0.1) is 0 Å². The van der Waals surface area contributed by atoms with Crippen molar-refractivity contribution in [2.45, 2.75) is 64.9 Å². The Balaban J connectivity index is 2.29. The first kappa shape index (κ1) is 15.3. The van der Waals surface area contributed by atoms with E-state index in [2.05, 4.69) is 5.32 Å². The van der Waals surface area contributed by atoms with Crippen molar-refractivity contribution < 1.29 is 14.6 Å². The summed E-state index contributed by atoms with van der Waals surface area (Å²) in [5.41, 5.74) is -0.434. The van der Waals surface area contributed by atoms with E-state index in [4.69, 9.17) is 4.74 Å². The van der Waals surface area contributed by atoms with Gasteiger partial charge in [0.2, 0.25) is 0 Å². The number of carbonyl (C=O) groups is 1. The lowest BCUT2D eigenvalue weighted by Crippen LogP contribution is -2.37. The number of nitrogens with one attached hydrogen (secondary N) is 1. The van der Waals surface area contributed by atoms with Crippen LogP contribution in [0.4, 0.5) is 4.79 Å². The van der Waals surface area contributed by atoms with Crippen LogP contribution in [0.3, 0.4) is 0 Å². The third-order valence-electron chi connectivity index (χ3n) is 3.57. The van der Waals surface area contributed by atoms with E-state index in [9.17, 15) is 9.90 Å². The number of aliphatic hydroxyl groups is 1. The minimum Gasteiger partial charge on any atom is -0.444 e. The minimum atomic E-state index is -0.455. The Labute approximate surface area is 110 Å². The maximum atomic E-state index is 11.5. The molecule has 2 N–H and O–H groups in total. The zero-order valence-electron chi connectivity index (χ0n) is 11.9. The van der Waals surface area contributed by atoms with Gasteiger partial charge in [-0.15, -0.1) is 0 Å². The van der Waals surface area contributed by atoms with Crippen molar-refractivity contribution in [3.63, 3.8) is 0 Å². The molecule has 1 rings (SSSR count). The quantitative estimate of drug-likeness (QED) is 0.814. The first-order chi connectivity index (χ1) is 8.37. The highest BCUT2D eigenvalue weighted by molar-refractivity contribution is 5.67. The zero-order valence-corrected chi connectivity index (χ0v) is 11.9. The molecule has 1 aliphatic carbocycles. The topological polar surface area (TPSA) is 58.6 Å². The first-order valence-electron chi connectivity index (χ1n) is 6.95. The molecule has 0 unspecified atom stereocenters. The molecule has 0 heterocycles. The molecule has 0 atom stereocenters. The van der Waals surface area contributed by atoms with Gasteiger partial charge in [0, 0.05) is 13.2 Å². The molecule has 0 aromatic carbocycles. The summed E-state index contributed by atoms with van der Waals surface area (Å²) in [5, 5.41) is 12.3. The zero-order chi connectivity index (χ0) is 13.6. The van der Waals surface area contributed by atoms with Gasteiger partial charge in [-0.2, -0.15) is 0 Å². The third-order valence-corrected chi connectivity index (χ3v) is 3.57. The second kappa shape index (κ2) is 6.41. The molecule has 4 nitrogen and oxygen atoms in total. The molecule has 1 aliphatic rings. The first-order valence-corrected chi connectivity index (χ1v) is 6.95. The Hall–Kier alpha value is -0.770. The fraction of sp³-hybridized carbons (Fsp3) is 0.929. The van der Waals surface area contributed by atoms with Gasteiger partial charge >= 0.3 is 6.09 Å². The van der Waals surface area contributed by atoms with Crippen LogP contribution in [0.5, 0.6) is 0 Å². The number of aliphatic hydroxyl groups excluding tert-OH is 1. The van der Waals surface area contributed by atoms with E-state index in [1.165, 1.54) is 19.3 Å². The van der Waals surface area contributed by atoms with E-state index in [-0.39, 0.29) is 18.1 Å². The van der Waals surface area contributed by atoms with E-state index >= 15 is 0 Å². The van der Waals surface area contributed by atoms with Gasteiger partial charge in [-0.25, -0.2) is 4.79 Å². The summed E-state index contributed by atoms with van der Waals surface area (Å²) >= 11 is 0. The van der Waals surface area contributed by atoms with Crippen LogP contribution in [-0.4, -0.2) is 30.0 Å². The molecule has 1 saturated carbocycles. The van der Waals surface area contributed by atoms with Crippen LogP contribution in [0.1, 0.15) is 59.3 Å². The largest absolute Gasteiger partial charge is 0.444 e. The third kappa shape index (κ3) is 5.25. The number of hydrogen-bond acceptors (Lipinski definition) is 3. The van der Waals surface area contributed by atoms with Gasteiger partial charge in [0.15, 0.2) is 0 Å². The fourth-order valence-electron chi connectivity index (χ4n) is 2.53. The predicted octanol–water partition coefficient (Wildman–Crippen LogP) is 2.84. The van der Waals surface area contributed by atoms with Gasteiger partial charge in [0.1, 0.15) is 5.60 Å². The standard InChI is InChI=1S/C14H27NO3/c1-13(2,3)18-12(17)15-10-9-14(11-16)7-5-4-6-8-14/h16H,4-11H2,1-3H3,(H,15,17). The smallest absolute Gasteiger partial charge is 0.407 e. The van der Waals surface area contributed by atoms with Crippen molar-refractivity contribution in [2.24, 2.45) is 5.41 Å². The van der Waals surface area contributed by atoms with Gasteiger partial charge in [-0.1, -0.05) is 19.3 Å². The number of alkyl carbamates (subject to hydrolysis) is 1. The summed E-state index contributed by atoms with van der Waals surface area (Å²) in [7, 11) is 0. The number of hydrogen-bond donors (Lipinski definition) is 2. The van der Waals surface area contributed by atoms with Crippen LogP contribution in [0.15, 0.2) is 0 Å². The molecule has 0 radical (unpaired) electrons. The van der Waals surface area contributed by atoms with E-state index in [1.54, 1.807) is 0 Å². The van der Waals surface area contributed by atoms with Crippen LogP contribution >= 0.6 is 0 Å². The van der Waals surface area contributed by atoms with E-state index in [0.717, 1.165) is 19.3 Å². The van der Waals surface area contributed by atoms with Crippen molar-refractivity contribution in [2.75, 3.05) is 13.2 Å². The Morgan fingerprint density at radius 3 is 2.39 bits per heavy atom. The molecule has 0 aliphatic heterocycles. The van der Waals surface area contributed by atoms with Crippen molar-refractivity contribution in [3.05, 3.63) is 0 Å². The van der Waals surface area contributed by atoms with Crippen molar-refractivity contribution in [1.29, 1.82) is 0 Å². The van der Waals surface area contributed by atoms with E-state index < -0.39 is 5.60 Å². The highest BCUT2D eigenvalue weighted by Gasteiger charge is 2.31. The Morgan fingerprint density at radius 2 is 1.89 bits per heavy atom. The number of rotatable bonds is 4. The molecule has 0 aromatic rings. The van der Waals surface area contributed by atoms with E-state index in [0.29, 0.717) is 6.54 Å². The van der Waals surface area contributed by atoms with Gasteiger partial charge in [0.25, 0.3) is 0 Å². The maximum Gasteiger partial charge on any atom is 0.407 e. The summed E-state index contributed by atoms with van der Waals surface area (Å²) in [6, 6.07) is 0. The number of carbonyl (C=O) groups excluding carboxylic acids is 1. The highest BCUT2D eigenvalue weighted by Crippen LogP contribution is 2.38. The molecule has 0 aromatic heterocycles. The lowest BCUT2D eigenvalue weighted by molar-refractivity contribution is 0.0475. The lowest BCUT2D eigenvalue weighted by Gasteiger charge is -2.35. The summed E-state index contributed by atoms with van der Waals surface area (Å²) in [6.45, 7) is 6.35. The number of amides is 1. The molecular weight excluding hydrogens is 230 g/mol. The van der Waals surface area contributed by atoms with Crippen LogP contribution < -0.4 is 5.32 Å². The molecule has 4 heteroatoms.